The fraction of sp³-hybridized carbons (Fsp3) is 0.682. The van der Waals surface area contributed by atoms with Gasteiger partial charge < -0.3 is 9.80 Å². The highest BCUT2D eigenvalue weighted by molar-refractivity contribution is 6.42. The number of amides is 1. The number of carbonyl (C=O) groups excluding carboxylic acids is 1. The Balaban J connectivity index is 1.40. The second-order valence-electron chi connectivity index (χ2n) is 8.43. The van der Waals surface area contributed by atoms with Crippen molar-refractivity contribution >= 4 is 29.1 Å². The van der Waals surface area contributed by atoms with Crippen molar-refractivity contribution in [2.75, 3.05) is 32.7 Å². The molecule has 27 heavy (non-hydrogen) atoms. The van der Waals surface area contributed by atoms with E-state index >= 15 is 0 Å². The highest BCUT2D eigenvalue weighted by Gasteiger charge is 2.26. The van der Waals surface area contributed by atoms with Crippen LogP contribution in [0.25, 0.3) is 0 Å². The molecule has 3 nitrogen and oxygen atoms in total. The molecule has 0 aromatic heterocycles. The van der Waals surface area contributed by atoms with Crippen LogP contribution in [0.4, 0.5) is 0 Å². The lowest BCUT2D eigenvalue weighted by atomic mass is 9.94. The molecule has 1 amide bonds. The van der Waals surface area contributed by atoms with E-state index in [0.717, 1.165) is 43.8 Å². The maximum Gasteiger partial charge on any atom is 0.222 e. The summed E-state index contributed by atoms with van der Waals surface area (Å²) in [5.41, 5.74) is 1.15. The van der Waals surface area contributed by atoms with Gasteiger partial charge in [-0.1, -0.05) is 36.2 Å². The van der Waals surface area contributed by atoms with Crippen molar-refractivity contribution in [3.8, 4) is 0 Å². The smallest absolute Gasteiger partial charge is 0.222 e. The fourth-order valence-electron chi connectivity index (χ4n) is 4.35. The second-order valence-corrected chi connectivity index (χ2v) is 9.25. The van der Waals surface area contributed by atoms with Crippen LogP contribution >= 0.6 is 23.2 Å². The monoisotopic (exact) mass is 410 g/mol. The number of rotatable bonds is 6. The number of halogens is 2. The van der Waals surface area contributed by atoms with Gasteiger partial charge in [0.15, 0.2) is 0 Å². The molecule has 1 atom stereocenters. The lowest BCUT2D eigenvalue weighted by molar-refractivity contribution is -0.133. The number of hydrogen-bond acceptors (Lipinski definition) is 2. The summed E-state index contributed by atoms with van der Waals surface area (Å²) in [5.74, 6) is 1.83. The molecule has 150 valence electrons. The summed E-state index contributed by atoms with van der Waals surface area (Å²) >= 11 is 12.0. The van der Waals surface area contributed by atoms with Gasteiger partial charge in [0, 0.05) is 26.1 Å². The van der Waals surface area contributed by atoms with Gasteiger partial charge in [-0.05, 0) is 81.1 Å². The molecule has 3 rings (SSSR count). The Kier molecular flexibility index (Phi) is 7.86. The standard InChI is InChI=1S/C22H32Cl2N2O/c1-17-9-12-25(13-10-17)15-19-5-3-11-26(16-19)22(27)6-2-4-18-7-8-20(23)21(24)14-18/h7-8,14,17,19H,2-6,9-13,15-16H2,1H3. The molecule has 0 aliphatic carbocycles. The Labute approximate surface area is 174 Å². The molecule has 2 heterocycles. The minimum atomic E-state index is 0.312. The molecule has 5 heteroatoms. The lowest BCUT2D eigenvalue weighted by Crippen LogP contribution is -2.45. The minimum Gasteiger partial charge on any atom is -0.342 e. The van der Waals surface area contributed by atoms with Gasteiger partial charge in [0.2, 0.25) is 5.91 Å². The zero-order valence-electron chi connectivity index (χ0n) is 16.4. The Bertz CT molecular complexity index is 629. The maximum absolute atomic E-state index is 12.7. The minimum absolute atomic E-state index is 0.312. The first kappa shape index (κ1) is 21.0. The number of nitrogens with zero attached hydrogens (tertiary/aromatic N) is 2. The van der Waals surface area contributed by atoms with Gasteiger partial charge in [-0.2, -0.15) is 0 Å². The maximum atomic E-state index is 12.7. The van der Waals surface area contributed by atoms with E-state index in [0.29, 0.717) is 28.3 Å². The van der Waals surface area contributed by atoms with Crippen molar-refractivity contribution in [2.24, 2.45) is 11.8 Å². The molecular weight excluding hydrogens is 379 g/mol. The second kappa shape index (κ2) is 10.1. The summed E-state index contributed by atoms with van der Waals surface area (Å²) in [6, 6.07) is 5.73. The first-order valence-corrected chi connectivity index (χ1v) is 11.2. The van der Waals surface area contributed by atoms with Crippen molar-refractivity contribution in [1.82, 2.24) is 9.80 Å². The topological polar surface area (TPSA) is 23.6 Å². The van der Waals surface area contributed by atoms with Crippen LogP contribution in [-0.4, -0.2) is 48.4 Å². The van der Waals surface area contributed by atoms with E-state index < -0.39 is 0 Å². The molecule has 2 aliphatic rings. The largest absolute Gasteiger partial charge is 0.342 e. The molecule has 0 saturated carbocycles. The van der Waals surface area contributed by atoms with Crippen molar-refractivity contribution in [2.45, 2.75) is 51.9 Å². The third kappa shape index (κ3) is 6.37. The Hall–Kier alpha value is -0.770. The van der Waals surface area contributed by atoms with Gasteiger partial charge >= 0.3 is 0 Å². The fourth-order valence-corrected chi connectivity index (χ4v) is 4.67. The third-order valence-electron chi connectivity index (χ3n) is 6.10. The summed E-state index contributed by atoms with van der Waals surface area (Å²) in [7, 11) is 0. The van der Waals surface area contributed by atoms with Gasteiger partial charge in [-0.25, -0.2) is 0 Å². The van der Waals surface area contributed by atoms with E-state index in [1.165, 1.54) is 38.9 Å². The van der Waals surface area contributed by atoms with Crippen molar-refractivity contribution in [1.29, 1.82) is 0 Å². The molecule has 2 aliphatic heterocycles. The lowest BCUT2D eigenvalue weighted by Gasteiger charge is -2.38. The van der Waals surface area contributed by atoms with Crippen LogP contribution < -0.4 is 0 Å². The van der Waals surface area contributed by atoms with Gasteiger partial charge in [-0.15, -0.1) is 0 Å². The van der Waals surface area contributed by atoms with Gasteiger partial charge in [0.05, 0.1) is 10.0 Å². The quantitative estimate of drug-likeness (QED) is 0.635. The highest BCUT2D eigenvalue weighted by atomic mass is 35.5. The number of hydrogen-bond donors (Lipinski definition) is 0. The summed E-state index contributed by atoms with van der Waals surface area (Å²) in [5, 5.41) is 1.17. The molecule has 0 N–H and O–H groups in total. The number of aryl methyl sites for hydroxylation is 1. The zero-order valence-corrected chi connectivity index (χ0v) is 17.9. The molecule has 0 bridgehead atoms. The predicted molar refractivity (Wildman–Crippen MR) is 114 cm³/mol. The molecule has 2 saturated heterocycles. The number of benzene rings is 1. The van der Waals surface area contributed by atoms with Gasteiger partial charge in [0.25, 0.3) is 0 Å². The molecule has 2 fully saturated rings. The third-order valence-corrected chi connectivity index (χ3v) is 6.84. The van der Waals surface area contributed by atoms with Gasteiger partial charge in [0.1, 0.15) is 0 Å². The molecule has 1 aromatic carbocycles. The molecule has 1 unspecified atom stereocenters. The SMILES string of the molecule is CC1CCN(CC2CCCN(C(=O)CCCc3ccc(Cl)c(Cl)c3)C2)CC1. The number of piperidine rings is 2. The van der Waals surface area contributed by atoms with Crippen LogP contribution in [0.5, 0.6) is 0 Å². The van der Waals surface area contributed by atoms with E-state index in [9.17, 15) is 4.79 Å². The Morgan fingerprint density at radius 1 is 1.11 bits per heavy atom. The molecule has 0 radical (unpaired) electrons. The van der Waals surface area contributed by atoms with Crippen molar-refractivity contribution < 1.29 is 4.79 Å². The molecular formula is C22H32Cl2N2O. The van der Waals surface area contributed by atoms with Crippen molar-refractivity contribution in [3.63, 3.8) is 0 Å². The van der Waals surface area contributed by atoms with Gasteiger partial charge in [-0.3, -0.25) is 4.79 Å². The average Bonchev–Trinajstić information content (AvgIpc) is 2.66. The Morgan fingerprint density at radius 3 is 2.63 bits per heavy atom. The Morgan fingerprint density at radius 2 is 1.89 bits per heavy atom. The summed E-state index contributed by atoms with van der Waals surface area (Å²) in [4.78, 5) is 17.4. The number of likely N-dealkylation sites (tertiary alicyclic amines) is 2. The van der Waals surface area contributed by atoms with E-state index in [-0.39, 0.29) is 0 Å². The van der Waals surface area contributed by atoms with E-state index in [2.05, 4.69) is 16.7 Å². The van der Waals surface area contributed by atoms with E-state index in [1.54, 1.807) is 0 Å². The average molecular weight is 411 g/mol. The molecule has 0 spiro atoms. The van der Waals surface area contributed by atoms with Crippen LogP contribution in [0.2, 0.25) is 10.0 Å². The number of carbonyl (C=O) groups is 1. The van der Waals surface area contributed by atoms with E-state index in [4.69, 9.17) is 23.2 Å². The zero-order chi connectivity index (χ0) is 19.2. The molecule has 1 aromatic rings. The summed E-state index contributed by atoms with van der Waals surface area (Å²) in [6.45, 7) is 7.86. The van der Waals surface area contributed by atoms with Crippen LogP contribution in [-0.2, 0) is 11.2 Å². The van der Waals surface area contributed by atoms with Crippen LogP contribution in [0.3, 0.4) is 0 Å². The van der Waals surface area contributed by atoms with Crippen molar-refractivity contribution in [3.05, 3.63) is 33.8 Å². The predicted octanol–water partition coefficient (Wildman–Crippen LogP) is 5.29. The summed E-state index contributed by atoms with van der Waals surface area (Å²) in [6.07, 6.45) is 7.41. The first-order chi connectivity index (χ1) is 13.0. The first-order valence-electron chi connectivity index (χ1n) is 10.5. The van der Waals surface area contributed by atoms with Crippen LogP contribution in [0.15, 0.2) is 18.2 Å². The normalized spacial score (nSPS) is 22.2. The summed E-state index contributed by atoms with van der Waals surface area (Å²) < 4.78 is 0. The van der Waals surface area contributed by atoms with E-state index in [1.807, 2.05) is 18.2 Å². The van der Waals surface area contributed by atoms with Crippen LogP contribution in [0, 0.1) is 11.8 Å². The van der Waals surface area contributed by atoms with Crippen LogP contribution in [0.1, 0.15) is 51.0 Å². The highest BCUT2D eigenvalue weighted by Crippen LogP contribution is 2.24.